The molecular formula is C8H5BrF3I. The first kappa shape index (κ1) is 11.3. The maximum absolute atomic E-state index is 12.2. The first-order valence-electron chi connectivity index (χ1n) is 3.37. The Morgan fingerprint density at radius 2 is 1.62 bits per heavy atom. The van der Waals surface area contributed by atoms with Gasteiger partial charge in [-0.1, -0.05) is 28.1 Å². The molecule has 1 atom stereocenters. The van der Waals surface area contributed by atoms with Crippen LogP contribution in [0.4, 0.5) is 13.2 Å². The topological polar surface area (TPSA) is 0 Å². The van der Waals surface area contributed by atoms with Crippen LogP contribution in [-0.4, -0.2) is 6.18 Å². The third-order valence-electron chi connectivity index (χ3n) is 1.45. The zero-order valence-corrected chi connectivity index (χ0v) is 10.0. The van der Waals surface area contributed by atoms with Crippen LogP contribution in [0.15, 0.2) is 24.3 Å². The fraction of sp³-hybridized carbons (Fsp3) is 0.250. The molecule has 0 aliphatic carbocycles. The second kappa shape index (κ2) is 4.16. The number of hydrogen-bond acceptors (Lipinski definition) is 0. The third kappa shape index (κ3) is 3.12. The molecule has 0 amide bonds. The summed E-state index contributed by atoms with van der Waals surface area (Å²) in [6.07, 6.45) is -4.23. The van der Waals surface area contributed by atoms with Crippen LogP contribution in [0.25, 0.3) is 0 Å². The van der Waals surface area contributed by atoms with Gasteiger partial charge in [-0.25, -0.2) is 0 Å². The normalized spacial score (nSPS) is 14.2. The average molecular weight is 365 g/mol. The zero-order chi connectivity index (χ0) is 10.1. The monoisotopic (exact) mass is 364 g/mol. The lowest BCUT2D eigenvalue weighted by molar-refractivity contribution is -0.128. The second-order valence-electron chi connectivity index (χ2n) is 2.46. The molecule has 0 bridgehead atoms. The third-order valence-corrected chi connectivity index (χ3v) is 3.22. The Morgan fingerprint density at radius 3 is 2.00 bits per heavy atom. The SMILES string of the molecule is FC(F)(F)C(Br)c1ccc(I)cc1. The molecule has 1 unspecified atom stereocenters. The van der Waals surface area contributed by atoms with Crippen molar-refractivity contribution in [2.45, 2.75) is 11.0 Å². The van der Waals surface area contributed by atoms with Crippen molar-refractivity contribution in [1.82, 2.24) is 0 Å². The number of benzene rings is 1. The summed E-state index contributed by atoms with van der Waals surface area (Å²) in [7, 11) is 0. The molecule has 0 heterocycles. The number of rotatable bonds is 1. The van der Waals surface area contributed by atoms with Gasteiger partial charge in [0.05, 0.1) is 0 Å². The highest BCUT2D eigenvalue weighted by molar-refractivity contribution is 14.1. The fourth-order valence-electron chi connectivity index (χ4n) is 0.821. The first-order valence-corrected chi connectivity index (χ1v) is 5.37. The summed E-state index contributed by atoms with van der Waals surface area (Å²) >= 11 is 4.65. The Hall–Kier alpha value is 0.220. The van der Waals surface area contributed by atoms with E-state index in [4.69, 9.17) is 0 Å². The largest absolute Gasteiger partial charge is 0.405 e. The molecule has 72 valence electrons. The van der Waals surface area contributed by atoms with Crippen LogP contribution in [0.2, 0.25) is 0 Å². The Balaban J connectivity index is 2.90. The molecule has 0 saturated carbocycles. The lowest BCUT2D eigenvalue weighted by Gasteiger charge is -2.13. The van der Waals surface area contributed by atoms with Crippen molar-refractivity contribution in [1.29, 1.82) is 0 Å². The summed E-state index contributed by atoms with van der Waals surface area (Å²) in [5.74, 6) is 0. The highest BCUT2D eigenvalue weighted by atomic mass is 127. The van der Waals surface area contributed by atoms with Gasteiger partial charge in [-0.05, 0) is 40.3 Å². The Morgan fingerprint density at radius 1 is 1.15 bits per heavy atom. The maximum Gasteiger partial charge on any atom is 0.405 e. The Bertz CT molecular complexity index is 280. The van der Waals surface area contributed by atoms with Gasteiger partial charge in [0.2, 0.25) is 0 Å². The molecule has 0 aliphatic rings. The molecule has 1 rings (SSSR count). The van der Waals surface area contributed by atoms with Gasteiger partial charge in [0, 0.05) is 3.57 Å². The van der Waals surface area contributed by atoms with Crippen molar-refractivity contribution in [3.8, 4) is 0 Å². The van der Waals surface area contributed by atoms with Crippen molar-refractivity contribution in [2.24, 2.45) is 0 Å². The van der Waals surface area contributed by atoms with Crippen molar-refractivity contribution >= 4 is 38.5 Å². The first-order chi connectivity index (χ1) is 5.91. The van der Waals surface area contributed by atoms with Crippen LogP contribution < -0.4 is 0 Å². The standard InChI is InChI=1S/C8H5BrF3I/c9-7(8(10,11)12)5-1-3-6(13)4-2-5/h1-4,7H. The summed E-state index contributed by atoms with van der Waals surface area (Å²) < 4.78 is 37.5. The minimum atomic E-state index is -4.23. The highest BCUT2D eigenvalue weighted by Gasteiger charge is 2.38. The van der Waals surface area contributed by atoms with Crippen LogP contribution in [-0.2, 0) is 0 Å². The predicted molar refractivity (Wildman–Crippen MR) is 56.9 cm³/mol. The molecule has 1 aromatic carbocycles. The van der Waals surface area contributed by atoms with E-state index in [1.165, 1.54) is 12.1 Å². The van der Waals surface area contributed by atoms with Gasteiger partial charge in [-0.2, -0.15) is 13.2 Å². The van der Waals surface area contributed by atoms with E-state index in [0.717, 1.165) is 3.57 Å². The molecular weight excluding hydrogens is 360 g/mol. The van der Waals surface area contributed by atoms with E-state index < -0.39 is 11.0 Å². The quantitative estimate of drug-likeness (QED) is 0.515. The van der Waals surface area contributed by atoms with E-state index >= 15 is 0 Å². The summed E-state index contributed by atoms with van der Waals surface area (Å²) in [6, 6.07) is 6.23. The van der Waals surface area contributed by atoms with Gasteiger partial charge in [0.15, 0.2) is 0 Å². The van der Waals surface area contributed by atoms with E-state index in [2.05, 4.69) is 15.9 Å². The lowest BCUT2D eigenvalue weighted by Crippen LogP contribution is -2.14. The van der Waals surface area contributed by atoms with Crippen molar-refractivity contribution in [3.63, 3.8) is 0 Å². The molecule has 0 nitrogen and oxygen atoms in total. The average Bonchev–Trinajstić information content (AvgIpc) is 2.03. The van der Waals surface area contributed by atoms with Gasteiger partial charge in [0.1, 0.15) is 4.83 Å². The summed E-state index contributed by atoms with van der Waals surface area (Å²) in [5.41, 5.74) is 0.230. The fourth-order valence-corrected chi connectivity index (χ4v) is 1.49. The summed E-state index contributed by atoms with van der Waals surface area (Å²) in [5, 5.41) is 0. The van der Waals surface area contributed by atoms with Crippen molar-refractivity contribution in [2.75, 3.05) is 0 Å². The summed E-state index contributed by atoms with van der Waals surface area (Å²) in [6.45, 7) is 0. The second-order valence-corrected chi connectivity index (χ2v) is 4.62. The van der Waals surface area contributed by atoms with Crippen molar-refractivity contribution < 1.29 is 13.2 Å². The van der Waals surface area contributed by atoms with Gasteiger partial charge < -0.3 is 0 Å². The minimum absolute atomic E-state index is 0.230. The van der Waals surface area contributed by atoms with Crippen LogP contribution in [0, 0.1) is 3.57 Å². The van der Waals surface area contributed by atoms with Gasteiger partial charge in [-0.15, -0.1) is 0 Å². The number of alkyl halides is 4. The van der Waals surface area contributed by atoms with E-state index in [0.29, 0.717) is 0 Å². The maximum atomic E-state index is 12.2. The van der Waals surface area contributed by atoms with E-state index in [9.17, 15) is 13.2 Å². The predicted octanol–water partition coefficient (Wildman–Crippen LogP) is 4.29. The Labute approximate surface area is 95.8 Å². The molecule has 0 N–H and O–H groups in total. The molecule has 13 heavy (non-hydrogen) atoms. The smallest absolute Gasteiger partial charge is 0.169 e. The molecule has 0 spiro atoms. The van der Waals surface area contributed by atoms with E-state index in [1.54, 1.807) is 12.1 Å². The van der Waals surface area contributed by atoms with Crippen molar-refractivity contribution in [3.05, 3.63) is 33.4 Å². The molecule has 0 aliphatic heterocycles. The molecule has 5 heteroatoms. The van der Waals surface area contributed by atoms with Gasteiger partial charge >= 0.3 is 6.18 Å². The highest BCUT2D eigenvalue weighted by Crippen LogP contribution is 2.39. The number of hydrogen-bond donors (Lipinski definition) is 0. The van der Waals surface area contributed by atoms with Gasteiger partial charge in [-0.3, -0.25) is 0 Å². The minimum Gasteiger partial charge on any atom is -0.169 e. The van der Waals surface area contributed by atoms with Crippen LogP contribution in [0.3, 0.4) is 0 Å². The molecule has 0 saturated heterocycles. The zero-order valence-electron chi connectivity index (χ0n) is 6.28. The molecule has 0 radical (unpaired) electrons. The van der Waals surface area contributed by atoms with Crippen LogP contribution in [0.1, 0.15) is 10.4 Å². The Kier molecular flexibility index (Phi) is 3.62. The molecule has 1 aromatic rings. The van der Waals surface area contributed by atoms with Gasteiger partial charge in [0.25, 0.3) is 0 Å². The molecule has 0 aromatic heterocycles. The molecule has 0 fully saturated rings. The van der Waals surface area contributed by atoms with Crippen LogP contribution in [0.5, 0.6) is 0 Å². The van der Waals surface area contributed by atoms with E-state index in [-0.39, 0.29) is 5.56 Å². The summed E-state index contributed by atoms with van der Waals surface area (Å²) in [4.78, 5) is -1.57. The van der Waals surface area contributed by atoms with E-state index in [1.807, 2.05) is 22.6 Å². The lowest BCUT2D eigenvalue weighted by atomic mass is 10.1. The number of halogens is 5. The van der Waals surface area contributed by atoms with Crippen LogP contribution >= 0.6 is 38.5 Å².